The summed E-state index contributed by atoms with van der Waals surface area (Å²) in [5.41, 5.74) is 1.66. The summed E-state index contributed by atoms with van der Waals surface area (Å²) in [5, 5.41) is 31.2. The van der Waals surface area contributed by atoms with Crippen LogP contribution in [0.1, 0.15) is 19.8 Å². The number of morpholine rings is 1. The Morgan fingerprint density at radius 3 is 2.63 bits per heavy atom. The normalized spacial score (nSPS) is 23.6. The Morgan fingerprint density at radius 2 is 1.91 bits per heavy atom. The van der Waals surface area contributed by atoms with Crippen LogP contribution in [0.3, 0.4) is 0 Å². The van der Waals surface area contributed by atoms with Gasteiger partial charge in [-0.25, -0.2) is 9.88 Å². The van der Waals surface area contributed by atoms with Crippen LogP contribution in [0.4, 0.5) is 16.0 Å². The number of nitrogens with zero attached hydrogens (tertiary/aromatic N) is 8. The molecule has 2 amide bonds. The molecular weight excluding hydrogens is 568 g/mol. The second kappa shape index (κ2) is 12.3. The van der Waals surface area contributed by atoms with Gasteiger partial charge in [-0.3, -0.25) is 19.6 Å². The third kappa shape index (κ3) is 5.71. The largest absolute Gasteiger partial charge is 0.378 e. The topological polar surface area (TPSA) is 158 Å². The number of amides is 2. The van der Waals surface area contributed by atoms with Crippen molar-refractivity contribution in [2.75, 3.05) is 49.2 Å². The number of benzene rings is 1. The van der Waals surface area contributed by atoms with Crippen LogP contribution in [0.15, 0.2) is 42.6 Å². The summed E-state index contributed by atoms with van der Waals surface area (Å²) in [6.07, 6.45) is 6.11. The van der Waals surface area contributed by atoms with Crippen molar-refractivity contribution < 1.29 is 14.3 Å². The molecule has 3 fully saturated rings. The van der Waals surface area contributed by atoms with Crippen molar-refractivity contribution >= 4 is 39.1 Å². The van der Waals surface area contributed by atoms with Crippen molar-refractivity contribution in [1.82, 2.24) is 30.3 Å². The van der Waals surface area contributed by atoms with Gasteiger partial charge in [-0.15, -0.1) is 0 Å². The Balaban J connectivity index is 1.30. The first kappa shape index (κ1) is 28.5. The van der Waals surface area contributed by atoms with E-state index in [2.05, 4.69) is 37.8 Å². The molecule has 3 aromatic rings. The molecular formula is C29H32N10O3S. The summed E-state index contributed by atoms with van der Waals surface area (Å²) in [5.74, 6) is -1.33. The van der Waals surface area contributed by atoms with Gasteiger partial charge in [0.2, 0.25) is 11.8 Å². The number of hydrogen-bond acceptors (Lipinski definition) is 11. The number of hydrogen-bond donors (Lipinski definition) is 2. The first-order valence-electron chi connectivity index (χ1n) is 14.3. The summed E-state index contributed by atoms with van der Waals surface area (Å²) in [4.78, 5) is 39.1. The van der Waals surface area contributed by atoms with E-state index in [1.54, 1.807) is 11.1 Å². The zero-order chi connectivity index (χ0) is 29.9. The average Bonchev–Trinajstić information content (AvgIpc) is 3.85. The van der Waals surface area contributed by atoms with E-state index in [0.717, 1.165) is 29.3 Å². The third-order valence-electron chi connectivity index (χ3n) is 8.30. The highest BCUT2D eigenvalue weighted by atomic mass is 32.1. The number of anilines is 3. The lowest BCUT2D eigenvalue weighted by Gasteiger charge is -2.29. The molecule has 6 rings (SSSR count). The molecule has 1 aromatic carbocycles. The van der Waals surface area contributed by atoms with Gasteiger partial charge in [-0.1, -0.05) is 41.7 Å². The molecule has 222 valence electrons. The number of nitriles is 2. The number of thiazole rings is 1. The number of ether oxygens (including phenoxy) is 1. The lowest BCUT2D eigenvalue weighted by atomic mass is 10.0. The molecule has 0 spiro atoms. The maximum Gasteiger partial charge on any atom is 0.241 e. The molecule has 4 atom stereocenters. The Bertz CT molecular complexity index is 1540. The van der Waals surface area contributed by atoms with E-state index in [-0.39, 0.29) is 17.9 Å². The molecule has 0 radical (unpaired) electrons. The van der Waals surface area contributed by atoms with Crippen LogP contribution in [0.2, 0.25) is 0 Å². The smallest absolute Gasteiger partial charge is 0.241 e. The molecule has 14 heteroatoms. The maximum absolute atomic E-state index is 14.5. The standard InChI is InChI=1S/C29H32N10O3S/c1-19-13-21(16-38(19)18-31)27(40)33-26-22(7-8-37(26)17-30)28(41)39(24-14-23(34-35-24)20-5-3-2-4-6-20)29-32-15-25(43-29)36-9-11-42-12-10-36/h2-6,14-15,19,21-22,26H,7-13,16H2,1H3,(H,33,40)(H,34,35)/t19?,21?,22?,26-/m0/s1. The van der Waals surface area contributed by atoms with E-state index in [1.165, 1.54) is 21.1 Å². The van der Waals surface area contributed by atoms with Gasteiger partial charge in [0.15, 0.2) is 23.3 Å². The van der Waals surface area contributed by atoms with Crippen LogP contribution >= 0.6 is 11.3 Å². The number of carbonyl (C=O) groups excluding carboxylic acids is 2. The molecule has 0 bridgehead atoms. The van der Waals surface area contributed by atoms with Crippen molar-refractivity contribution in [2.45, 2.75) is 32.0 Å². The van der Waals surface area contributed by atoms with Crippen molar-refractivity contribution in [1.29, 1.82) is 10.5 Å². The van der Waals surface area contributed by atoms with Gasteiger partial charge in [0.25, 0.3) is 0 Å². The first-order chi connectivity index (χ1) is 21.0. The number of carbonyl (C=O) groups is 2. The lowest BCUT2D eigenvalue weighted by Crippen LogP contribution is -2.51. The average molecular weight is 601 g/mol. The molecule has 3 aliphatic heterocycles. The van der Waals surface area contributed by atoms with E-state index in [9.17, 15) is 20.1 Å². The van der Waals surface area contributed by atoms with E-state index in [0.29, 0.717) is 50.1 Å². The molecule has 43 heavy (non-hydrogen) atoms. The minimum absolute atomic E-state index is 0.0478. The number of aromatic nitrogens is 3. The molecule has 3 saturated heterocycles. The Labute approximate surface area is 253 Å². The molecule has 2 N–H and O–H groups in total. The summed E-state index contributed by atoms with van der Waals surface area (Å²) in [6.45, 7) is 5.24. The SMILES string of the molecule is CC1CC(C(=O)N[C@@H]2C(C(=O)N(c3cc(-c4ccccc4)[nH]n3)c3ncc(N4CCOCC4)s3)CCN2C#N)CN1C#N. The number of nitrogens with one attached hydrogen (secondary N) is 2. The number of rotatable bonds is 7. The quantitative estimate of drug-likeness (QED) is 0.386. The summed E-state index contributed by atoms with van der Waals surface area (Å²) >= 11 is 1.39. The van der Waals surface area contributed by atoms with Gasteiger partial charge < -0.3 is 19.9 Å². The number of aromatic amines is 1. The summed E-state index contributed by atoms with van der Waals surface area (Å²) in [7, 11) is 0. The van der Waals surface area contributed by atoms with Crippen LogP contribution in [0, 0.1) is 34.7 Å². The Hall–Kier alpha value is -4.66. The highest BCUT2D eigenvalue weighted by Crippen LogP contribution is 2.38. The van der Waals surface area contributed by atoms with Gasteiger partial charge in [0.1, 0.15) is 11.2 Å². The van der Waals surface area contributed by atoms with Crippen molar-refractivity contribution in [2.24, 2.45) is 11.8 Å². The minimum Gasteiger partial charge on any atom is -0.378 e. The van der Waals surface area contributed by atoms with E-state index in [4.69, 9.17) is 4.74 Å². The maximum atomic E-state index is 14.5. The predicted molar refractivity (Wildman–Crippen MR) is 159 cm³/mol. The van der Waals surface area contributed by atoms with E-state index < -0.39 is 18.0 Å². The molecule has 0 aliphatic carbocycles. The summed E-state index contributed by atoms with van der Waals surface area (Å²) in [6, 6.07) is 11.5. The van der Waals surface area contributed by atoms with Gasteiger partial charge in [0, 0.05) is 38.3 Å². The molecule has 0 saturated carbocycles. The molecule has 3 aliphatic rings. The van der Waals surface area contributed by atoms with Gasteiger partial charge in [-0.05, 0) is 25.3 Å². The van der Waals surface area contributed by atoms with Gasteiger partial charge in [0.05, 0.1) is 36.9 Å². The van der Waals surface area contributed by atoms with Crippen molar-refractivity contribution in [3.8, 4) is 23.6 Å². The molecule has 3 unspecified atom stereocenters. The molecule has 2 aromatic heterocycles. The Kier molecular flexibility index (Phi) is 8.13. The number of likely N-dealkylation sites (tertiary alicyclic amines) is 2. The third-order valence-corrected chi connectivity index (χ3v) is 9.34. The van der Waals surface area contributed by atoms with E-state index in [1.807, 2.05) is 43.3 Å². The second-order valence-electron chi connectivity index (χ2n) is 10.9. The second-order valence-corrected chi connectivity index (χ2v) is 11.9. The van der Waals surface area contributed by atoms with Crippen LogP contribution in [-0.2, 0) is 14.3 Å². The monoisotopic (exact) mass is 600 g/mol. The van der Waals surface area contributed by atoms with Gasteiger partial charge in [-0.2, -0.15) is 15.6 Å². The zero-order valence-corrected chi connectivity index (χ0v) is 24.5. The van der Waals surface area contributed by atoms with Crippen molar-refractivity contribution in [3.63, 3.8) is 0 Å². The summed E-state index contributed by atoms with van der Waals surface area (Å²) < 4.78 is 5.49. The minimum atomic E-state index is -0.829. The highest BCUT2D eigenvalue weighted by molar-refractivity contribution is 7.19. The molecule has 5 heterocycles. The fourth-order valence-electron chi connectivity index (χ4n) is 5.92. The van der Waals surface area contributed by atoms with Gasteiger partial charge >= 0.3 is 0 Å². The molecule has 13 nitrogen and oxygen atoms in total. The van der Waals surface area contributed by atoms with Crippen molar-refractivity contribution in [3.05, 3.63) is 42.6 Å². The number of H-pyrrole nitrogens is 1. The first-order valence-corrected chi connectivity index (χ1v) is 15.1. The highest BCUT2D eigenvalue weighted by Gasteiger charge is 2.45. The van der Waals surface area contributed by atoms with Crippen LogP contribution < -0.4 is 15.1 Å². The zero-order valence-electron chi connectivity index (χ0n) is 23.7. The predicted octanol–water partition coefficient (Wildman–Crippen LogP) is 2.47. The fourth-order valence-corrected chi connectivity index (χ4v) is 6.90. The van der Waals surface area contributed by atoms with E-state index >= 15 is 0 Å². The van der Waals surface area contributed by atoms with Crippen LogP contribution in [0.25, 0.3) is 11.3 Å². The van der Waals surface area contributed by atoms with Crippen LogP contribution in [-0.4, -0.2) is 88.4 Å². The van der Waals surface area contributed by atoms with Crippen LogP contribution in [0.5, 0.6) is 0 Å². The fraction of sp³-hybridized carbons (Fsp3) is 0.448. The lowest BCUT2D eigenvalue weighted by molar-refractivity contribution is -0.128. The Morgan fingerprint density at radius 1 is 1.14 bits per heavy atom.